The van der Waals surface area contributed by atoms with Gasteiger partial charge in [-0.1, -0.05) is 24.3 Å². The van der Waals surface area contributed by atoms with Crippen molar-refractivity contribution in [3.8, 4) is 45.3 Å². The van der Waals surface area contributed by atoms with Crippen LogP contribution in [0.4, 0.5) is 0 Å². The van der Waals surface area contributed by atoms with Crippen molar-refractivity contribution in [2.45, 2.75) is 13.8 Å². The van der Waals surface area contributed by atoms with Crippen molar-refractivity contribution < 1.29 is 20.4 Å². The van der Waals surface area contributed by atoms with E-state index in [9.17, 15) is 0 Å². The van der Waals surface area contributed by atoms with E-state index in [0.717, 1.165) is 33.2 Å². The van der Waals surface area contributed by atoms with Crippen molar-refractivity contribution in [2.75, 3.05) is 0 Å². The van der Waals surface area contributed by atoms with Gasteiger partial charge in [0, 0.05) is 61.7 Å². The highest BCUT2D eigenvalue weighted by atomic mass is 16.3. The van der Waals surface area contributed by atoms with Crippen LogP contribution in [0.25, 0.3) is 44.3 Å². The van der Waals surface area contributed by atoms with Gasteiger partial charge in [-0.2, -0.15) is 0 Å². The molecule has 0 aliphatic carbocycles. The summed E-state index contributed by atoms with van der Waals surface area (Å²) in [6, 6.07) is 40.6. The molecule has 4 N–H and O–H groups in total. The molecule has 0 aliphatic heterocycles. The minimum Gasteiger partial charge on any atom is -0.508 e. The fourth-order valence-electron chi connectivity index (χ4n) is 5.23. The summed E-state index contributed by atoms with van der Waals surface area (Å²) in [4.78, 5) is 24.9. The Morgan fingerprint density at radius 1 is 0.304 bits per heavy atom. The molecule has 0 unspecified atom stereocenters. The minimum atomic E-state index is 0.104. The molecule has 0 saturated heterocycles. The maximum atomic E-state index is 8.83. The predicted octanol–water partition coefficient (Wildman–Crippen LogP) is 9.88. The summed E-state index contributed by atoms with van der Waals surface area (Å²) in [5.74, 6) is 0.417. The lowest BCUT2D eigenvalue weighted by molar-refractivity contribution is 0.448. The van der Waals surface area contributed by atoms with Gasteiger partial charge in [0.05, 0.1) is 22.1 Å². The fourth-order valence-corrected chi connectivity index (χ4v) is 5.23. The highest BCUT2D eigenvalue weighted by molar-refractivity contribution is 5.85. The monoisotopic (exact) mass is 740 g/mol. The molecule has 0 spiro atoms. The Bertz CT molecular complexity index is 2140. The van der Waals surface area contributed by atoms with Crippen LogP contribution in [0.1, 0.15) is 11.1 Å². The van der Waals surface area contributed by atoms with Gasteiger partial charge in [-0.3, -0.25) is 19.9 Å². The van der Waals surface area contributed by atoms with Gasteiger partial charge in [0.25, 0.3) is 0 Å². The topological polar surface area (TPSA) is 158 Å². The van der Waals surface area contributed by atoms with Crippen molar-refractivity contribution >= 4 is 22.1 Å². The van der Waals surface area contributed by atoms with Crippen LogP contribution >= 0.6 is 0 Å². The van der Waals surface area contributed by atoms with E-state index < -0.39 is 0 Å². The average molecular weight is 741 g/mol. The third-order valence-electron chi connectivity index (χ3n) is 7.73. The molecular formula is C46H40N6O4. The van der Waals surface area contributed by atoms with E-state index in [0.29, 0.717) is 0 Å². The Morgan fingerprint density at radius 2 is 0.518 bits per heavy atom. The molecule has 10 heteroatoms. The standard InChI is InChI=1S/C12H8N2.2C10H8N2.2C7H8O2/c1-2-6-10-9(5-1)13-11-7-3-4-8-12(11)14-10;2*1-5-11-6-2-9(1)10-3-7-12-8-4-10;2*1-5-2-6(8)4-7(9)3-5/h1-8H;2*1-8H;2*2-4,8-9H,1H3. The Balaban J connectivity index is 0.000000135. The van der Waals surface area contributed by atoms with E-state index in [4.69, 9.17) is 20.4 Å². The number of aryl methyl sites for hydroxylation is 2. The second-order valence-corrected chi connectivity index (χ2v) is 12.2. The van der Waals surface area contributed by atoms with Crippen molar-refractivity contribution in [3.63, 3.8) is 0 Å². The number of aromatic hydroxyl groups is 4. The maximum Gasteiger partial charge on any atom is 0.119 e. The van der Waals surface area contributed by atoms with Crippen LogP contribution < -0.4 is 0 Å². The molecule has 0 fully saturated rings. The quantitative estimate of drug-likeness (QED) is 0.126. The first kappa shape index (κ1) is 39.5. The van der Waals surface area contributed by atoms with Crippen LogP contribution in [0.5, 0.6) is 23.0 Å². The number of phenolic OH excluding ortho intramolecular Hbond substituents is 4. The first-order chi connectivity index (χ1) is 27.2. The molecule has 0 amide bonds. The smallest absolute Gasteiger partial charge is 0.119 e. The summed E-state index contributed by atoms with van der Waals surface area (Å²) in [7, 11) is 0. The second kappa shape index (κ2) is 20.5. The summed E-state index contributed by atoms with van der Waals surface area (Å²) in [6.07, 6.45) is 14.3. The molecule has 56 heavy (non-hydrogen) atoms. The van der Waals surface area contributed by atoms with Gasteiger partial charge in [-0.15, -0.1) is 0 Å². The average Bonchev–Trinajstić information content (AvgIpc) is 3.21. The first-order valence-corrected chi connectivity index (χ1v) is 17.4. The number of rotatable bonds is 2. The zero-order valence-corrected chi connectivity index (χ0v) is 30.8. The highest BCUT2D eigenvalue weighted by Crippen LogP contribution is 2.21. The zero-order chi connectivity index (χ0) is 39.5. The zero-order valence-electron chi connectivity index (χ0n) is 30.8. The van der Waals surface area contributed by atoms with Crippen LogP contribution in [0.2, 0.25) is 0 Å². The van der Waals surface area contributed by atoms with Crippen molar-refractivity contribution in [3.05, 3.63) is 194 Å². The van der Waals surface area contributed by atoms with E-state index in [1.165, 1.54) is 34.4 Å². The molecule has 4 aromatic carbocycles. The number of benzene rings is 4. The summed E-state index contributed by atoms with van der Waals surface area (Å²) in [6.45, 7) is 3.61. The Kier molecular flexibility index (Phi) is 14.5. The molecule has 0 aliphatic rings. The molecule has 5 aromatic heterocycles. The Morgan fingerprint density at radius 3 is 0.714 bits per heavy atom. The van der Waals surface area contributed by atoms with Crippen molar-refractivity contribution in [1.29, 1.82) is 0 Å². The first-order valence-electron chi connectivity index (χ1n) is 17.4. The normalized spacial score (nSPS) is 9.89. The molecule has 9 rings (SSSR count). The molecule has 9 aromatic rings. The van der Waals surface area contributed by atoms with Crippen molar-refractivity contribution in [2.24, 2.45) is 0 Å². The van der Waals surface area contributed by atoms with Gasteiger partial charge in [0.15, 0.2) is 0 Å². The third-order valence-corrected chi connectivity index (χ3v) is 7.73. The van der Waals surface area contributed by atoms with Crippen LogP contribution in [-0.2, 0) is 0 Å². The molecule has 0 radical (unpaired) electrons. The second-order valence-electron chi connectivity index (χ2n) is 12.2. The van der Waals surface area contributed by atoms with Gasteiger partial charge >= 0.3 is 0 Å². The van der Waals surface area contributed by atoms with Crippen LogP contribution in [0.3, 0.4) is 0 Å². The van der Waals surface area contributed by atoms with Gasteiger partial charge in [-0.25, -0.2) is 9.97 Å². The maximum absolute atomic E-state index is 8.83. The lowest BCUT2D eigenvalue weighted by atomic mass is 10.1. The lowest BCUT2D eigenvalue weighted by Crippen LogP contribution is -1.85. The number of hydrogen-bond acceptors (Lipinski definition) is 10. The van der Waals surface area contributed by atoms with E-state index >= 15 is 0 Å². The molecule has 10 nitrogen and oxygen atoms in total. The van der Waals surface area contributed by atoms with Crippen LogP contribution in [0.15, 0.2) is 183 Å². The van der Waals surface area contributed by atoms with E-state index in [1.54, 1.807) is 87.7 Å². The number of aromatic nitrogens is 6. The van der Waals surface area contributed by atoms with Gasteiger partial charge in [0.2, 0.25) is 0 Å². The highest BCUT2D eigenvalue weighted by Gasteiger charge is 1.99. The SMILES string of the molecule is Cc1cc(O)cc(O)c1.Cc1cc(O)cc(O)c1.c1cc(-c2ccncc2)ccn1.c1cc(-c2ccncc2)ccn1.c1ccc2nc3ccccc3nc2c1. The largest absolute Gasteiger partial charge is 0.508 e. The summed E-state index contributed by atoms with van der Waals surface area (Å²) in [5, 5.41) is 35.3. The summed E-state index contributed by atoms with van der Waals surface area (Å²) >= 11 is 0. The number of para-hydroxylation sites is 4. The molecular weight excluding hydrogens is 701 g/mol. The fraction of sp³-hybridized carbons (Fsp3) is 0.0435. The molecule has 278 valence electrons. The number of nitrogens with zero attached hydrogens (tertiary/aromatic N) is 6. The lowest BCUT2D eigenvalue weighted by Gasteiger charge is -1.98. The molecule has 5 heterocycles. The number of fused-ring (bicyclic) bond motifs is 2. The Labute approximate surface area is 324 Å². The van der Waals surface area contributed by atoms with E-state index in [1.807, 2.05) is 97.1 Å². The van der Waals surface area contributed by atoms with Crippen LogP contribution in [-0.4, -0.2) is 50.3 Å². The van der Waals surface area contributed by atoms with E-state index in [2.05, 4.69) is 29.9 Å². The van der Waals surface area contributed by atoms with Gasteiger partial charge < -0.3 is 20.4 Å². The number of pyridine rings is 4. The predicted molar refractivity (Wildman–Crippen MR) is 221 cm³/mol. The number of hydrogen-bond donors (Lipinski definition) is 4. The van der Waals surface area contributed by atoms with Crippen LogP contribution in [0, 0.1) is 13.8 Å². The Hall–Kier alpha value is -7.72. The molecule has 0 atom stereocenters. The van der Waals surface area contributed by atoms with Gasteiger partial charge in [-0.05, 0) is 144 Å². The summed E-state index contributed by atoms with van der Waals surface area (Å²) < 4.78 is 0. The molecule has 0 saturated carbocycles. The number of phenols is 4. The van der Waals surface area contributed by atoms with E-state index in [-0.39, 0.29) is 23.0 Å². The molecule has 0 bridgehead atoms. The third kappa shape index (κ3) is 12.7. The summed E-state index contributed by atoms with van der Waals surface area (Å²) in [5.41, 5.74) is 10.2. The van der Waals surface area contributed by atoms with Gasteiger partial charge in [0.1, 0.15) is 23.0 Å². The minimum absolute atomic E-state index is 0.104. The van der Waals surface area contributed by atoms with Crippen molar-refractivity contribution in [1.82, 2.24) is 29.9 Å².